The first kappa shape index (κ1) is 18.5. The van der Waals surface area contributed by atoms with E-state index in [1.54, 1.807) is 0 Å². The van der Waals surface area contributed by atoms with E-state index in [1.807, 2.05) is 78.9 Å². The van der Waals surface area contributed by atoms with E-state index in [0.29, 0.717) is 17.2 Å². The van der Waals surface area contributed by atoms with Crippen LogP contribution >= 0.6 is 34.2 Å². The second kappa shape index (κ2) is 8.88. The van der Waals surface area contributed by atoms with Crippen molar-refractivity contribution in [2.24, 2.45) is 0 Å². The van der Waals surface area contributed by atoms with Gasteiger partial charge in [0.2, 0.25) is 0 Å². The maximum absolute atomic E-state index is 9.50. The molecule has 0 aromatic heterocycles. The fourth-order valence-electron chi connectivity index (χ4n) is 2.45. The van der Waals surface area contributed by atoms with Gasteiger partial charge in [-0.3, -0.25) is 0 Å². The van der Waals surface area contributed by atoms with Gasteiger partial charge >= 0.3 is 0 Å². The molecule has 26 heavy (non-hydrogen) atoms. The molecule has 0 saturated heterocycles. The number of hydrogen-bond donors (Lipinski definition) is 0. The fourth-order valence-corrected chi connectivity index (χ4v) is 3.00. The number of benzene rings is 3. The zero-order valence-electron chi connectivity index (χ0n) is 13.8. The lowest BCUT2D eigenvalue weighted by atomic mass is 10.0. The van der Waals surface area contributed by atoms with E-state index < -0.39 is 0 Å². The van der Waals surface area contributed by atoms with Crippen molar-refractivity contribution in [3.63, 3.8) is 0 Å². The number of halogens is 2. The molecule has 0 unspecified atom stereocenters. The molecule has 3 aromatic rings. The molecule has 128 valence electrons. The van der Waals surface area contributed by atoms with Gasteiger partial charge in [-0.15, -0.1) is 0 Å². The first-order chi connectivity index (χ1) is 12.7. The predicted octanol–water partition coefficient (Wildman–Crippen LogP) is 6.59. The summed E-state index contributed by atoms with van der Waals surface area (Å²) < 4.78 is 6.99. The van der Waals surface area contributed by atoms with Crippen molar-refractivity contribution in [1.82, 2.24) is 0 Å². The van der Waals surface area contributed by atoms with Crippen LogP contribution in [0, 0.1) is 14.9 Å². The van der Waals surface area contributed by atoms with Gasteiger partial charge in [-0.2, -0.15) is 5.26 Å². The van der Waals surface area contributed by atoms with Gasteiger partial charge in [-0.1, -0.05) is 54.1 Å². The lowest BCUT2D eigenvalue weighted by molar-refractivity contribution is 0.306. The third-order valence-corrected chi connectivity index (χ3v) is 4.88. The topological polar surface area (TPSA) is 33.0 Å². The SMILES string of the molecule is N#C/C(=C/c1cccc(OCc2ccccc2Cl)c1)c1ccc(I)cc1. The minimum atomic E-state index is 0.398. The average molecular weight is 472 g/mol. The highest BCUT2D eigenvalue weighted by Gasteiger charge is 2.04. The lowest BCUT2D eigenvalue weighted by Crippen LogP contribution is -1.96. The average Bonchev–Trinajstić information content (AvgIpc) is 2.67. The molecule has 0 atom stereocenters. The van der Waals surface area contributed by atoms with Crippen molar-refractivity contribution in [2.75, 3.05) is 0 Å². The Bertz CT molecular complexity index is 974. The maximum Gasteiger partial charge on any atom is 0.120 e. The molecule has 3 rings (SSSR count). The van der Waals surface area contributed by atoms with Gasteiger partial charge in [-0.05, 0) is 70.1 Å². The molecular weight excluding hydrogens is 457 g/mol. The number of ether oxygens (including phenoxy) is 1. The standard InChI is InChI=1S/C22H15ClINO/c23-22-7-2-1-5-18(22)15-26-21-6-3-4-16(13-21)12-19(14-25)17-8-10-20(24)11-9-17/h1-13H,15H2/b19-12-. The largest absolute Gasteiger partial charge is 0.489 e. The molecule has 0 spiro atoms. The molecule has 0 N–H and O–H groups in total. The summed E-state index contributed by atoms with van der Waals surface area (Å²) in [5.74, 6) is 0.735. The molecule has 4 heteroatoms. The van der Waals surface area contributed by atoms with Crippen molar-refractivity contribution in [1.29, 1.82) is 5.26 Å². The second-order valence-electron chi connectivity index (χ2n) is 5.63. The van der Waals surface area contributed by atoms with Crippen molar-refractivity contribution in [3.8, 4) is 11.8 Å². The maximum atomic E-state index is 9.50. The normalized spacial score (nSPS) is 11.0. The summed E-state index contributed by atoms with van der Waals surface area (Å²) in [5, 5.41) is 10.2. The third kappa shape index (κ3) is 4.87. The molecule has 0 fully saturated rings. The summed E-state index contributed by atoms with van der Waals surface area (Å²) in [5.41, 5.74) is 3.36. The molecule has 3 aromatic carbocycles. The first-order valence-electron chi connectivity index (χ1n) is 8.00. The Morgan fingerprint density at radius 1 is 1.04 bits per heavy atom. The fraction of sp³-hybridized carbons (Fsp3) is 0.0455. The van der Waals surface area contributed by atoms with Crippen LogP contribution in [0.5, 0.6) is 5.75 Å². The summed E-state index contributed by atoms with van der Waals surface area (Å²) in [6.07, 6.45) is 1.87. The quantitative estimate of drug-likeness (QED) is 0.239. The van der Waals surface area contributed by atoms with Crippen LogP contribution in [0.4, 0.5) is 0 Å². The van der Waals surface area contributed by atoms with Crippen molar-refractivity contribution in [2.45, 2.75) is 6.61 Å². The Hall–Kier alpha value is -2.29. The molecule has 0 bridgehead atoms. The Balaban J connectivity index is 1.79. The van der Waals surface area contributed by atoms with E-state index in [4.69, 9.17) is 16.3 Å². The summed E-state index contributed by atoms with van der Waals surface area (Å²) in [7, 11) is 0. The molecule has 0 aliphatic carbocycles. The number of rotatable bonds is 5. The van der Waals surface area contributed by atoms with Crippen molar-refractivity contribution >= 4 is 45.8 Å². The summed E-state index contributed by atoms with van der Waals surface area (Å²) in [6, 6.07) is 25.5. The van der Waals surface area contributed by atoms with Crippen LogP contribution in [0.2, 0.25) is 5.02 Å². The van der Waals surface area contributed by atoms with Gasteiger partial charge in [-0.25, -0.2) is 0 Å². The monoisotopic (exact) mass is 471 g/mol. The highest BCUT2D eigenvalue weighted by Crippen LogP contribution is 2.23. The van der Waals surface area contributed by atoms with E-state index >= 15 is 0 Å². The summed E-state index contributed by atoms with van der Waals surface area (Å²) in [4.78, 5) is 0. The van der Waals surface area contributed by atoms with E-state index in [0.717, 1.165) is 26.0 Å². The Kier molecular flexibility index (Phi) is 6.32. The lowest BCUT2D eigenvalue weighted by Gasteiger charge is -2.08. The highest BCUT2D eigenvalue weighted by molar-refractivity contribution is 14.1. The Morgan fingerprint density at radius 2 is 1.81 bits per heavy atom. The number of hydrogen-bond acceptors (Lipinski definition) is 2. The second-order valence-corrected chi connectivity index (χ2v) is 7.28. The van der Waals surface area contributed by atoms with E-state index in [9.17, 15) is 5.26 Å². The summed E-state index contributed by atoms with van der Waals surface area (Å²) >= 11 is 8.41. The van der Waals surface area contributed by atoms with Gasteiger partial charge in [0.15, 0.2) is 0 Å². The van der Waals surface area contributed by atoms with Gasteiger partial charge in [0.05, 0.1) is 11.6 Å². The van der Waals surface area contributed by atoms with Crippen LogP contribution in [-0.2, 0) is 6.61 Å². The predicted molar refractivity (Wildman–Crippen MR) is 115 cm³/mol. The minimum Gasteiger partial charge on any atom is -0.489 e. The number of nitrogens with zero attached hydrogens (tertiary/aromatic N) is 1. The highest BCUT2D eigenvalue weighted by atomic mass is 127. The molecule has 0 aliphatic rings. The zero-order chi connectivity index (χ0) is 18.4. The molecule has 0 saturated carbocycles. The van der Waals surface area contributed by atoms with Gasteiger partial charge in [0, 0.05) is 14.2 Å². The van der Waals surface area contributed by atoms with Crippen LogP contribution in [-0.4, -0.2) is 0 Å². The molecule has 0 aliphatic heterocycles. The van der Waals surface area contributed by atoms with Crippen molar-refractivity contribution < 1.29 is 4.74 Å². The van der Waals surface area contributed by atoms with Crippen LogP contribution < -0.4 is 4.74 Å². The van der Waals surface area contributed by atoms with E-state index in [1.165, 1.54) is 0 Å². The van der Waals surface area contributed by atoms with Gasteiger partial charge in [0.1, 0.15) is 12.4 Å². The smallest absolute Gasteiger partial charge is 0.120 e. The van der Waals surface area contributed by atoms with Gasteiger partial charge < -0.3 is 4.74 Å². The Morgan fingerprint density at radius 3 is 2.54 bits per heavy atom. The zero-order valence-corrected chi connectivity index (χ0v) is 16.7. The molecule has 0 heterocycles. The molecular formula is C22H15ClINO. The van der Waals surface area contributed by atoms with Crippen LogP contribution in [0.3, 0.4) is 0 Å². The third-order valence-electron chi connectivity index (χ3n) is 3.80. The summed E-state index contributed by atoms with van der Waals surface area (Å²) in [6.45, 7) is 0.398. The van der Waals surface area contributed by atoms with E-state index in [2.05, 4.69) is 28.7 Å². The first-order valence-corrected chi connectivity index (χ1v) is 9.45. The van der Waals surface area contributed by atoms with Gasteiger partial charge in [0.25, 0.3) is 0 Å². The van der Waals surface area contributed by atoms with E-state index in [-0.39, 0.29) is 0 Å². The van der Waals surface area contributed by atoms with Crippen LogP contribution in [0.25, 0.3) is 11.6 Å². The van der Waals surface area contributed by atoms with Crippen LogP contribution in [0.1, 0.15) is 16.7 Å². The van der Waals surface area contributed by atoms with Crippen molar-refractivity contribution in [3.05, 3.63) is 98.1 Å². The molecule has 0 amide bonds. The Labute approximate surface area is 171 Å². The number of nitriles is 1. The van der Waals surface area contributed by atoms with Crippen LogP contribution in [0.15, 0.2) is 72.8 Å². The molecule has 0 radical (unpaired) electrons. The molecule has 2 nitrogen and oxygen atoms in total. The minimum absolute atomic E-state index is 0.398. The number of allylic oxidation sites excluding steroid dienone is 1.